The third-order valence-corrected chi connectivity index (χ3v) is 3.47. The van der Waals surface area contributed by atoms with Crippen molar-refractivity contribution < 1.29 is 0 Å². The topological polar surface area (TPSA) is 55.6 Å². The van der Waals surface area contributed by atoms with Gasteiger partial charge in [-0.25, -0.2) is 0 Å². The Hall–Kier alpha value is -0.790. The van der Waals surface area contributed by atoms with E-state index in [1.807, 2.05) is 17.9 Å². The summed E-state index contributed by atoms with van der Waals surface area (Å²) in [6.45, 7) is 2.89. The van der Waals surface area contributed by atoms with Gasteiger partial charge < -0.3 is 5.32 Å². The average Bonchev–Trinajstić information content (AvgIpc) is 2.91. The van der Waals surface area contributed by atoms with Gasteiger partial charge >= 0.3 is 0 Å². The van der Waals surface area contributed by atoms with E-state index in [4.69, 9.17) is 0 Å². The summed E-state index contributed by atoms with van der Waals surface area (Å²) in [5.41, 5.74) is 2.00. The zero-order chi connectivity index (χ0) is 11.5. The maximum absolute atomic E-state index is 4.30. The maximum Gasteiger partial charge on any atom is 0.0973 e. The molecule has 86 valence electrons. The van der Waals surface area contributed by atoms with Gasteiger partial charge in [0.05, 0.1) is 46.0 Å². The smallest absolute Gasteiger partial charge is 0.0973 e. The molecule has 0 amide bonds. The lowest BCUT2D eigenvalue weighted by Crippen LogP contribution is -2.22. The highest BCUT2D eigenvalue weighted by atomic mass is 79.9. The van der Waals surface area contributed by atoms with Crippen molar-refractivity contribution in [1.29, 1.82) is 0 Å². The molecule has 1 N–H and O–H groups in total. The van der Waals surface area contributed by atoms with Gasteiger partial charge in [-0.3, -0.25) is 4.68 Å². The Kier molecular flexibility index (Phi) is 3.67. The summed E-state index contributed by atoms with van der Waals surface area (Å²) in [4.78, 5) is 0. The molecule has 16 heavy (non-hydrogen) atoms. The van der Waals surface area contributed by atoms with Crippen LogP contribution in [0.5, 0.6) is 0 Å². The van der Waals surface area contributed by atoms with E-state index >= 15 is 0 Å². The van der Waals surface area contributed by atoms with Gasteiger partial charge in [0, 0.05) is 6.54 Å². The summed E-state index contributed by atoms with van der Waals surface area (Å²) in [5, 5.41) is 7.53. The standard InChI is InChI=1S/C9H12BrN5S/c1-3-15-9(6(10)4-12-15)8(11-2)7-5-13-16-14-7/h4-5,8,11H,3H2,1-2H3. The number of rotatable bonds is 4. The molecule has 0 saturated heterocycles. The molecule has 0 aliphatic heterocycles. The molecule has 0 aliphatic carbocycles. The predicted octanol–water partition coefficient (Wildman–Crippen LogP) is 1.83. The summed E-state index contributed by atoms with van der Waals surface area (Å²) in [6, 6.07) is 0.0237. The Morgan fingerprint density at radius 1 is 1.56 bits per heavy atom. The first-order chi connectivity index (χ1) is 7.77. The largest absolute Gasteiger partial charge is 0.307 e. The molecule has 7 heteroatoms. The van der Waals surface area contributed by atoms with Crippen molar-refractivity contribution in [3.05, 3.63) is 28.3 Å². The molecule has 2 heterocycles. The average molecular weight is 302 g/mol. The van der Waals surface area contributed by atoms with Crippen LogP contribution in [0.4, 0.5) is 0 Å². The number of aromatic nitrogens is 4. The number of aryl methyl sites for hydroxylation is 1. The van der Waals surface area contributed by atoms with Gasteiger partial charge in [0.1, 0.15) is 0 Å². The highest BCUT2D eigenvalue weighted by molar-refractivity contribution is 9.10. The van der Waals surface area contributed by atoms with Crippen LogP contribution in [0.15, 0.2) is 16.9 Å². The van der Waals surface area contributed by atoms with Crippen molar-refractivity contribution in [3.8, 4) is 0 Å². The van der Waals surface area contributed by atoms with Crippen molar-refractivity contribution in [3.63, 3.8) is 0 Å². The molecule has 0 aliphatic rings. The van der Waals surface area contributed by atoms with Crippen molar-refractivity contribution in [2.45, 2.75) is 19.5 Å². The van der Waals surface area contributed by atoms with E-state index in [2.05, 4.69) is 42.0 Å². The highest BCUT2D eigenvalue weighted by Crippen LogP contribution is 2.27. The molecule has 0 saturated carbocycles. The first-order valence-corrected chi connectivity index (χ1v) is 6.46. The molecule has 0 aromatic carbocycles. The van der Waals surface area contributed by atoms with E-state index < -0.39 is 0 Å². The molecule has 2 rings (SSSR count). The van der Waals surface area contributed by atoms with Gasteiger partial charge in [0.2, 0.25) is 0 Å². The van der Waals surface area contributed by atoms with Crippen LogP contribution in [0, 0.1) is 0 Å². The van der Waals surface area contributed by atoms with Gasteiger partial charge in [0.25, 0.3) is 0 Å². The second-order valence-corrected chi connectivity index (χ2v) is 4.66. The summed E-state index contributed by atoms with van der Waals surface area (Å²) < 4.78 is 11.2. The fourth-order valence-electron chi connectivity index (χ4n) is 1.63. The minimum Gasteiger partial charge on any atom is -0.307 e. The lowest BCUT2D eigenvalue weighted by Gasteiger charge is -2.15. The summed E-state index contributed by atoms with van der Waals surface area (Å²) in [6.07, 6.45) is 3.59. The molecule has 0 fully saturated rings. The van der Waals surface area contributed by atoms with E-state index in [1.54, 1.807) is 6.20 Å². The minimum absolute atomic E-state index is 0.0237. The number of hydrogen-bond acceptors (Lipinski definition) is 5. The number of nitrogens with zero attached hydrogens (tertiary/aromatic N) is 4. The Balaban J connectivity index is 2.44. The minimum atomic E-state index is 0.0237. The van der Waals surface area contributed by atoms with E-state index in [0.717, 1.165) is 22.4 Å². The van der Waals surface area contributed by atoms with Crippen LogP contribution in [0.25, 0.3) is 0 Å². The quantitative estimate of drug-likeness (QED) is 0.936. The van der Waals surface area contributed by atoms with E-state index in [-0.39, 0.29) is 6.04 Å². The Labute approximate surface area is 106 Å². The maximum atomic E-state index is 4.30. The summed E-state index contributed by atoms with van der Waals surface area (Å²) in [7, 11) is 1.91. The van der Waals surface area contributed by atoms with Crippen molar-refractivity contribution in [2.75, 3.05) is 7.05 Å². The molecule has 0 radical (unpaired) electrons. The Morgan fingerprint density at radius 3 is 2.94 bits per heavy atom. The first kappa shape index (κ1) is 11.7. The van der Waals surface area contributed by atoms with Crippen molar-refractivity contribution >= 4 is 27.7 Å². The van der Waals surface area contributed by atoms with Gasteiger partial charge in [-0.05, 0) is 29.9 Å². The molecule has 1 atom stereocenters. The predicted molar refractivity (Wildman–Crippen MR) is 66.4 cm³/mol. The highest BCUT2D eigenvalue weighted by Gasteiger charge is 2.21. The van der Waals surface area contributed by atoms with Crippen LogP contribution in [-0.2, 0) is 6.54 Å². The van der Waals surface area contributed by atoms with Gasteiger partial charge in [0.15, 0.2) is 0 Å². The normalized spacial score (nSPS) is 12.9. The van der Waals surface area contributed by atoms with Gasteiger partial charge in [-0.2, -0.15) is 13.8 Å². The van der Waals surface area contributed by atoms with Crippen LogP contribution in [0.3, 0.4) is 0 Å². The van der Waals surface area contributed by atoms with E-state index in [1.165, 1.54) is 11.7 Å². The molecule has 0 spiro atoms. The third-order valence-electron chi connectivity index (χ3n) is 2.37. The second-order valence-electron chi connectivity index (χ2n) is 3.25. The fourth-order valence-corrected chi connectivity index (χ4v) is 2.61. The van der Waals surface area contributed by atoms with Crippen LogP contribution in [0.2, 0.25) is 0 Å². The molecule has 0 bridgehead atoms. The van der Waals surface area contributed by atoms with Gasteiger partial charge in [-0.15, -0.1) is 0 Å². The number of halogens is 1. The molecular weight excluding hydrogens is 290 g/mol. The number of nitrogens with one attached hydrogen (secondary N) is 1. The van der Waals surface area contributed by atoms with Crippen LogP contribution < -0.4 is 5.32 Å². The molecular formula is C9H12BrN5S. The Morgan fingerprint density at radius 2 is 2.38 bits per heavy atom. The third kappa shape index (κ3) is 2.02. The first-order valence-electron chi connectivity index (χ1n) is 4.93. The molecule has 2 aromatic rings. The fraction of sp³-hybridized carbons (Fsp3) is 0.444. The lowest BCUT2D eigenvalue weighted by molar-refractivity contribution is 0.556. The van der Waals surface area contributed by atoms with Crippen LogP contribution in [0.1, 0.15) is 24.4 Å². The van der Waals surface area contributed by atoms with Crippen molar-refractivity contribution in [1.82, 2.24) is 23.8 Å². The van der Waals surface area contributed by atoms with Gasteiger partial charge in [-0.1, -0.05) is 0 Å². The molecule has 1 unspecified atom stereocenters. The number of hydrogen-bond donors (Lipinski definition) is 1. The van der Waals surface area contributed by atoms with Crippen LogP contribution >= 0.6 is 27.7 Å². The zero-order valence-electron chi connectivity index (χ0n) is 9.01. The van der Waals surface area contributed by atoms with Crippen LogP contribution in [-0.4, -0.2) is 25.6 Å². The molecule has 2 aromatic heterocycles. The summed E-state index contributed by atoms with van der Waals surface area (Å²) in [5.74, 6) is 0. The van der Waals surface area contributed by atoms with Crippen molar-refractivity contribution in [2.24, 2.45) is 0 Å². The van der Waals surface area contributed by atoms with E-state index in [0.29, 0.717) is 0 Å². The van der Waals surface area contributed by atoms with E-state index in [9.17, 15) is 0 Å². The molecule has 5 nitrogen and oxygen atoms in total. The zero-order valence-corrected chi connectivity index (χ0v) is 11.4. The Bertz CT molecular complexity index is 452. The second kappa shape index (κ2) is 5.03. The monoisotopic (exact) mass is 301 g/mol. The lowest BCUT2D eigenvalue weighted by atomic mass is 10.1. The summed E-state index contributed by atoms with van der Waals surface area (Å²) >= 11 is 4.73. The SMILES string of the molecule is CCn1ncc(Br)c1C(NC)c1cnsn1.